The number of hydrogen-bond acceptors (Lipinski definition) is 3. The third kappa shape index (κ3) is 2.27. The van der Waals surface area contributed by atoms with Gasteiger partial charge in [-0.05, 0) is 18.2 Å². The van der Waals surface area contributed by atoms with Crippen LogP contribution in [0.15, 0.2) is 35.1 Å². The van der Waals surface area contributed by atoms with Crippen LogP contribution in [0.3, 0.4) is 0 Å². The molecule has 82 valence electrons. The molecule has 0 fully saturated rings. The molecular weight excluding hydrogens is 274 g/mol. The van der Waals surface area contributed by atoms with Crippen molar-refractivity contribution in [2.24, 2.45) is 0 Å². The van der Waals surface area contributed by atoms with Crippen LogP contribution in [0.2, 0.25) is 0 Å². The molecule has 0 bridgehead atoms. The fourth-order valence-corrected chi connectivity index (χ4v) is 1.73. The molecule has 1 N–H and O–H groups in total. The third-order valence-corrected chi connectivity index (χ3v) is 2.47. The maximum Gasteiger partial charge on any atom is 0.311 e. The molecule has 0 saturated heterocycles. The Kier molecular flexibility index (Phi) is 3.00. The Balaban J connectivity index is 2.40. The van der Waals surface area contributed by atoms with Gasteiger partial charge in [-0.3, -0.25) is 4.79 Å². The minimum atomic E-state index is -0.927. The standard InChI is InChI=1S/C10H8BrN3O2/c11-7-2-1-3-8(4-7)14-9(5-10(15)16)12-6-13-14/h1-4,6H,5H2,(H,15,16). The predicted octanol–water partition coefficient (Wildman–Crippen LogP) is 1.66. The molecule has 1 heterocycles. The van der Waals surface area contributed by atoms with Crippen molar-refractivity contribution < 1.29 is 9.90 Å². The highest BCUT2D eigenvalue weighted by molar-refractivity contribution is 9.10. The van der Waals surface area contributed by atoms with E-state index in [1.54, 1.807) is 0 Å². The molecule has 0 amide bonds. The summed E-state index contributed by atoms with van der Waals surface area (Å²) in [7, 11) is 0. The summed E-state index contributed by atoms with van der Waals surface area (Å²) in [6, 6.07) is 7.42. The Morgan fingerprint density at radius 3 is 3.00 bits per heavy atom. The Morgan fingerprint density at radius 2 is 2.31 bits per heavy atom. The molecule has 6 heteroatoms. The van der Waals surface area contributed by atoms with Crippen molar-refractivity contribution in [3.05, 3.63) is 40.9 Å². The van der Waals surface area contributed by atoms with E-state index < -0.39 is 5.97 Å². The highest BCUT2D eigenvalue weighted by Gasteiger charge is 2.10. The number of carbonyl (C=O) groups is 1. The number of rotatable bonds is 3. The van der Waals surface area contributed by atoms with Gasteiger partial charge in [-0.1, -0.05) is 22.0 Å². The molecule has 0 aliphatic carbocycles. The number of carboxylic acids is 1. The Labute approximate surface area is 99.9 Å². The van der Waals surface area contributed by atoms with E-state index in [1.165, 1.54) is 11.0 Å². The van der Waals surface area contributed by atoms with Crippen LogP contribution in [0.25, 0.3) is 5.69 Å². The normalized spacial score (nSPS) is 10.3. The third-order valence-electron chi connectivity index (χ3n) is 1.98. The zero-order valence-electron chi connectivity index (χ0n) is 8.17. The number of carboxylic acid groups (broad SMARTS) is 1. The number of aromatic nitrogens is 3. The summed E-state index contributed by atoms with van der Waals surface area (Å²) in [5, 5.41) is 12.7. The Bertz CT molecular complexity index is 524. The van der Waals surface area contributed by atoms with Gasteiger partial charge in [0, 0.05) is 4.47 Å². The van der Waals surface area contributed by atoms with Gasteiger partial charge in [0.1, 0.15) is 18.6 Å². The van der Waals surface area contributed by atoms with Crippen LogP contribution in [0.5, 0.6) is 0 Å². The van der Waals surface area contributed by atoms with E-state index in [0.29, 0.717) is 5.82 Å². The van der Waals surface area contributed by atoms with Gasteiger partial charge in [-0.25, -0.2) is 9.67 Å². The van der Waals surface area contributed by atoms with Crippen LogP contribution in [-0.4, -0.2) is 25.8 Å². The molecular formula is C10H8BrN3O2. The van der Waals surface area contributed by atoms with E-state index in [9.17, 15) is 4.79 Å². The fourth-order valence-electron chi connectivity index (χ4n) is 1.34. The lowest BCUT2D eigenvalue weighted by Gasteiger charge is -2.04. The van der Waals surface area contributed by atoms with Gasteiger partial charge in [0.05, 0.1) is 5.69 Å². The first-order valence-electron chi connectivity index (χ1n) is 4.53. The van der Waals surface area contributed by atoms with Crippen molar-refractivity contribution in [1.82, 2.24) is 14.8 Å². The van der Waals surface area contributed by atoms with Crippen LogP contribution < -0.4 is 0 Å². The van der Waals surface area contributed by atoms with Crippen molar-refractivity contribution in [3.8, 4) is 5.69 Å². The molecule has 0 unspecified atom stereocenters. The van der Waals surface area contributed by atoms with E-state index in [-0.39, 0.29) is 6.42 Å². The van der Waals surface area contributed by atoms with E-state index in [0.717, 1.165) is 10.2 Å². The first-order valence-corrected chi connectivity index (χ1v) is 5.33. The lowest BCUT2D eigenvalue weighted by molar-refractivity contribution is -0.136. The summed E-state index contributed by atoms with van der Waals surface area (Å²) in [4.78, 5) is 14.5. The average Bonchev–Trinajstić information content (AvgIpc) is 2.65. The molecule has 1 aromatic carbocycles. The molecule has 0 aliphatic heterocycles. The molecule has 5 nitrogen and oxygen atoms in total. The Morgan fingerprint density at radius 1 is 1.50 bits per heavy atom. The molecule has 2 aromatic rings. The van der Waals surface area contributed by atoms with Crippen molar-refractivity contribution in [2.45, 2.75) is 6.42 Å². The SMILES string of the molecule is O=C(O)Cc1ncnn1-c1cccc(Br)c1. The quantitative estimate of drug-likeness (QED) is 0.929. The lowest BCUT2D eigenvalue weighted by Crippen LogP contribution is -2.09. The van der Waals surface area contributed by atoms with Gasteiger partial charge in [-0.15, -0.1) is 0 Å². The predicted molar refractivity (Wildman–Crippen MR) is 60.4 cm³/mol. The molecule has 0 saturated carbocycles. The van der Waals surface area contributed by atoms with E-state index in [1.807, 2.05) is 24.3 Å². The fraction of sp³-hybridized carbons (Fsp3) is 0.100. The minimum absolute atomic E-state index is 0.146. The summed E-state index contributed by atoms with van der Waals surface area (Å²) < 4.78 is 2.42. The summed E-state index contributed by atoms with van der Waals surface area (Å²) in [5.74, 6) is -0.519. The number of halogens is 1. The molecule has 0 radical (unpaired) electrons. The monoisotopic (exact) mass is 281 g/mol. The summed E-state index contributed by atoms with van der Waals surface area (Å²) in [6.45, 7) is 0. The highest BCUT2D eigenvalue weighted by Crippen LogP contribution is 2.15. The number of aliphatic carboxylic acids is 1. The highest BCUT2D eigenvalue weighted by atomic mass is 79.9. The van der Waals surface area contributed by atoms with Gasteiger partial charge in [0.15, 0.2) is 0 Å². The second kappa shape index (κ2) is 4.44. The second-order valence-corrected chi connectivity index (χ2v) is 4.05. The van der Waals surface area contributed by atoms with E-state index in [4.69, 9.17) is 5.11 Å². The largest absolute Gasteiger partial charge is 0.481 e. The minimum Gasteiger partial charge on any atom is -0.481 e. The first kappa shape index (κ1) is 10.8. The van der Waals surface area contributed by atoms with Crippen molar-refractivity contribution in [3.63, 3.8) is 0 Å². The van der Waals surface area contributed by atoms with Gasteiger partial charge >= 0.3 is 5.97 Å². The molecule has 2 rings (SSSR count). The van der Waals surface area contributed by atoms with Crippen LogP contribution in [0, 0.1) is 0 Å². The van der Waals surface area contributed by atoms with Gasteiger partial charge in [-0.2, -0.15) is 5.10 Å². The number of benzene rings is 1. The molecule has 0 atom stereocenters. The van der Waals surface area contributed by atoms with Crippen molar-refractivity contribution in [2.75, 3.05) is 0 Å². The number of hydrogen-bond donors (Lipinski definition) is 1. The van der Waals surface area contributed by atoms with Crippen LogP contribution >= 0.6 is 15.9 Å². The van der Waals surface area contributed by atoms with Gasteiger partial charge in [0.25, 0.3) is 0 Å². The Hall–Kier alpha value is -1.69. The maximum atomic E-state index is 10.6. The molecule has 0 aliphatic rings. The first-order chi connectivity index (χ1) is 7.66. The molecule has 16 heavy (non-hydrogen) atoms. The zero-order chi connectivity index (χ0) is 11.5. The van der Waals surface area contributed by atoms with E-state index >= 15 is 0 Å². The van der Waals surface area contributed by atoms with E-state index in [2.05, 4.69) is 26.0 Å². The van der Waals surface area contributed by atoms with Crippen molar-refractivity contribution >= 4 is 21.9 Å². The van der Waals surface area contributed by atoms with Gasteiger partial charge < -0.3 is 5.11 Å². The topological polar surface area (TPSA) is 68.0 Å². The lowest BCUT2D eigenvalue weighted by atomic mass is 10.3. The number of nitrogens with zero attached hydrogens (tertiary/aromatic N) is 3. The maximum absolute atomic E-state index is 10.6. The van der Waals surface area contributed by atoms with Gasteiger partial charge in [0.2, 0.25) is 0 Å². The van der Waals surface area contributed by atoms with Crippen LogP contribution in [-0.2, 0) is 11.2 Å². The van der Waals surface area contributed by atoms with Crippen molar-refractivity contribution in [1.29, 1.82) is 0 Å². The summed E-state index contributed by atoms with van der Waals surface area (Å²) >= 11 is 3.35. The summed E-state index contributed by atoms with van der Waals surface area (Å²) in [5.41, 5.74) is 0.781. The smallest absolute Gasteiger partial charge is 0.311 e. The zero-order valence-corrected chi connectivity index (χ0v) is 9.75. The average molecular weight is 282 g/mol. The summed E-state index contributed by atoms with van der Waals surface area (Å²) in [6.07, 6.45) is 1.20. The van der Waals surface area contributed by atoms with Crippen LogP contribution in [0.1, 0.15) is 5.82 Å². The molecule has 0 spiro atoms. The molecule has 1 aromatic heterocycles. The second-order valence-electron chi connectivity index (χ2n) is 3.14. The van der Waals surface area contributed by atoms with Crippen LogP contribution in [0.4, 0.5) is 0 Å².